The van der Waals surface area contributed by atoms with Gasteiger partial charge in [-0.15, -0.1) is 0 Å². The number of likely N-dealkylation sites (N-methyl/N-ethyl adjacent to an activating group) is 2. The summed E-state index contributed by atoms with van der Waals surface area (Å²) in [6.07, 6.45) is -13.8. The molecule has 0 bridgehead atoms. The summed E-state index contributed by atoms with van der Waals surface area (Å²) in [6, 6.07) is 14.2. The molecule has 12 nitrogen and oxygen atoms in total. The van der Waals surface area contributed by atoms with Crippen LogP contribution in [0.5, 0.6) is 0 Å². The summed E-state index contributed by atoms with van der Waals surface area (Å²) in [5, 5.41) is -0.0156. The van der Waals surface area contributed by atoms with E-state index in [9.17, 15) is 59.8 Å². The van der Waals surface area contributed by atoms with E-state index in [4.69, 9.17) is 16.4 Å². The number of fused-ring (bicyclic) bond motifs is 2. The van der Waals surface area contributed by atoms with E-state index in [2.05, 4.69) is 9.97 Å². The van der Waals surface area contributed by atoms with Crippen LogP contribution in [0.4, 0.5) is 35.1 Å². The molecular weight excluding hydrogens is 1280 g/mol. The lowest BCUT2D eigenvalue weighted by Crippen LogP contribution is -2.40. The minimum atomic E-state index is -5.10. The Morgan fingerprint density at radius 2 is 1.03 bits per heavy atom. The summed E-state index contributed by atoms with van der Waals surface area (Å²) in [7, 11) is 0. The van der Waals surface area contributed by atoms with E-state index < -0.39 is 179 Å². The van der Waals surface area contributed by atoms with Gasteiger partial charge in [-0.2, -0.15) is 36.3 Å². The molecule has 2 aliphatic carbocycles. The van der Waals surface area contributed by atoms with Gasteiger partial charge in [0.2, 0.25) is 11.8 Å². The van der Waals surface area contributed by atoms with Gasteiger partial charge in [-0.25, -0.2) is 8.78 Å². The van der Waals surface area contributed by atoms with Gasteiger partial charge in [0.25, 0.3) is 11.1 Å². The molecule has 10 rings (SSSR count). The molecule has 0 aliphatic heterocycles. The van der Waals surface area contributed by atoms with Gasteiger partial charge < -0.3 is 28.7 Å². The third-order valence-corrected chi connectivity index (χ3v) is 18.0. The Labute approximate surface area is 586 Å². The van der Waals surface area contributed by atoms with Crippen molar-refractivity contribution in [2.75, 3.05) is 52.4 Å². The van der Waals surface area contributed by atoms with Crippen molar-refractivity contribution >= 4 is 35.3 Å². The van der Waals surface area contributed by atoms with Gasteiger partial charge in [-0.05, 0) is 164 Å². The zero-order chi connectivity index (χ0) is 83.0. The second-order valence-corrected chi connectivity index (χ2v) is 24.2. The van der Waals surface area contributed by atoms with Crippen LogP contribution < -0.4 is 11.1 Å². The zero-order valence-electron chi connectivity index (χ0n) is 69.4. The van der Waals surface area contributed by atoms with Crippen molar-refractivity contribution in [1.29, 1.82) is 0 Å². The molecule has 6 aromatic carbocycles. The molecule has 96 heavy (non-hydrogen) atoms. The van der Waals surface area contributed by atoms with Crippen molar-refractivity contribution in [3.05, 3.63) is 233 Å². The number of alkyl halides is 6. The minimum Gasteiger partial charge on any atom is -0.336 e. The van der Waals surface area contributed by atoms with Gasteiger partial charge in [0, 0.05) is 80.0 Å². The van der Waals surface area contributed by atoms with Crippen molar-refractivity contribution in [2.24, 2.45) is 5.89 Å². The molecule has 2 heterocycles. The van der Waals surface area contributed by atoms with Crippen LogP contribution in [0, 0.1) is 24.5 Å². The van der Waals surface area contributed by atoms with Crippen molar-refractivity contribution in [3.63, 3.8) is 0 Å². The van der Waals surface area contributed by atoms with Crippen LogP contribution in [0.2, 0.25) is 0 Å². The van der Waals surface area contributed by atoms with Gasteiger partial charge in [-0.3, -0.25) is 19.2 Å². The fraction of sp³-hybridized carbons (Fsp3) is 0.378. The molecule has 22 heteroatoms. The van der Waals surface area contributed by atoms with Crippen LogP contribution in [0.3, 0.4) is 0 Å². The molecule has 0 saturated carbocycles. The Hall–Kier alpha value is -7.92. The largest absolute Gasteiger partial charge is 0.416 e. The number of nitrogens with zero attached hydrogens (tertiary/aromatic N) is 8. The number of halogens is 8. The normalized spacial score (nSPS) is 18.1. The summed E-state index contributed by atoms with van der Waals surface area (Å²) < 4.78 is 252. The van der Waals surface area contributed by atoms with Gasteiger partial charge >= 0.3 is 12.4 Å². The zero-order valence-corrected chi connectivity index (χ0v) is 55.0. The number of hydrogen-bond donors (Lipinski definition) is 0. The van der Waals surface area contributed by atoms with E-state index in [0.717, 1.165) is 63.9 Å². The van der Waals surface area contributed by atoms with Gasteiger partial charge in [0.15, 0.2) is 10.3 Å². The third kappa shape index (κ3) is 19.0. The average Bonchev–Trinajstić information content (AvgIpc) is 1.52. The van der Waals surface area contributed by atoms with Crippen LogP contribution in [-0.4, -0.2) is 103 Å². The Morgan fingerprint density at radius 1 is 0.573 bits per heavy atom. The number of rotatable bonds is 26. The number of thioether (sulfide) groups is 2. The van der Waals surface area contributed by atoms with Crippen molar-refractivity contribution in [3.8, 4) is 22.3 Å². The molecule has 8 aromatic rings. The van der Waals surface area contributed by atoms with Crippen LogP contribution in [0.1, 0.15) is 124 Å². The number of benzene rings is 6. The fourth-order valence-corrected chi connectivity index (χ4v) is 12.4. The Bertz CT molecular complexity index is 4900. The SMILES string of the molecule is [2H]C([2H])(c1ccc(-c2ccc(C(F)(F)F)cc2)cc1)N(CCN(CC)CC)C(=O)Cn1c(SCc2ccc(F)cc2)nc(=O)c2c1C([2H])([2H])C([2H])(C)C2([2H])[2H].[2H]c1c([2H])c(C([2H])([2H])N(CCN(CC)CC)C(=O)Cn2c(SCc3ccc(F)cc3)nc(=O)c3c2CCC3)c([2H])c([2H])c1-c1c([2H])c([2H])c(C(F)(F)F)c(C)c1[2H]. The van der Waals surface area contributed by atoms with Crippen molar-refractivity contribution in [2.45, 2.75) is 134 Å². The lowest BCUT2D eigenvalue weighted by molar-refractivity contribution is -0.138. The molecule has 0 N–H and O–H groups in total. The maximum Gasteiger partial charge on any atom is 0.416 e. The summed E-state index contributed by atoms with van der Waals surface area (Å²) in [4.78, 5) is 69.5. The van der Waals surface area contributed by atoms with Gasteiger partial charge in [0.1, 0.15) is 24.7 Å². The Morgan fingerprint density at radius 3 is 1.52 bits per heavy atom. The predicted molar refractivity (Wildman–Crippen MR) is 362 cm³/mol. The monoisotopic (exact) mass is 1380 g/mol. The maximum absolute atomic E-state index is 14.5. The molecule has 2 amide bonds. The van der Waals surface area contributed by atoms with E-state index in [0.29, 0.717) is 79.0 Å². The second-order valence-electron chi connectivity index (χ2n) is 22.3. The second kappa shape index (κ2) is 32.9. The highest BCUT2D eigenvalue weighted by Gasteiger charge is 2.34. The first kappa shape index (κ1) is 53.2. The molecule has 2 aliphatic rings. The molecular formula is C74H80F8N8O4S2. The molecule has 2 aromatic heterocycles. The first-order valence-corrected chi connectivity index (χ1v) is 32.9. The first-order chi connectivity index (χ1) is 52.2. The highest BCUT2D eigenvalue weighted by atomic mass is 32.2. The maximum atomic E-state index is 14.5. The number of aromatic nitrogens is 4. The third-order valence-electron chi connectivity index (χ3n) is 15.9. The van der Waals surface area contributed by atoms with Crippen molar-refractivity contribution in [1.82, 2.24) is 38.7 Å². The molecule has 508 valence electrons. The number of hydrogen-bond acceptors (Lipinski definition) is 10. The van der Waals surface area contributed by atoms with Crippen molar-refractivity contribution < 1.29 is 66.6 Å². The summed E-state index contributed by atoms with van der Waals surface area (Å²) >= 11 is 2.04. The summed E-state index contributed by atoms with van der Waals surface area (Å²) in [5.74, 6) is -4.82. The number of amides is 2. The number of carbonyl (C=O) groups excluding carboxylic acids is 2. The van der Waals surface area contributed by atoms with E-state index in [-0.39, 0.29) is 53.6 Å². The molecule has 0 radical (unpaired) electrons. The predicted octanol–water partition coefficient (Wildman–Crippen LogP) is 15.0. The van der Waals surface area contributed by atoms with Gasteiger partial charge in [-0.1, -0.05) is 155 Å². The molecule has 1 atom stereocenters. The van der Waals surface area contributed by atoms with Crippen LogP contribution >= 0.6 is 23.5 Å². The molecule has 1 unspecified atom stereocenters. The average molecular weight is 1380 g/mol. The number of carbonyl (C=O) groups is 2. The quantitative estimate of drug-likeness (QED) is 0.0295. The molecule has 0 fully saturated rings. The smallest absolute Gasteiger partial charge is 0.336 e. The highest BCUT2D eigenvalue weighted by Crippen LogP contribution is 2.36. The van der Waals surface area contributed by atoms with Crippen LogP contribution in [0.25, 0.3) is 22.3 Å². The van der Waals surface area contributed by atoms with Gasteiger partial charge in [0.05, 0.1) is 26.2 Å². The topological polar surface area (TPSA) is 117 Å². The first-order valence-electron chi connectivity index (χ1n) is 38.9. The molecule has 0 spiro atoms. The molecule has 0 saturated heterocycles. The summed E-state index contributed by atoms with van der Waals surface area (Å²) in [6.45, 7) is 4.72. The van der Waals surface area contributed by atoms with E-state index in [1.165, 1.54) is 77.4 Å². The van der Waals surface area contributed by atoms with E-state index in [1.54, 1.807) is 12.1 Å². The highest BCUT2D eigenvalue weighted by molar-refractivity contribution is 7.98. The van der Waals surface area contributed by atoms with E-state index in [1.807, 2.05) is 37.5 Å². The van der Waals surface area contributed by atoms with E-state index >= 15 is 0 Å². The fourth-order valence-electron chi connectivity index (χ4n) is 10.5. The lowest BCUT2D eigenvalue weighted by Gasteiger charge is -2.28. The van der Waals surface area contributed by atoms with Crippen LogP contribution in [0.15, 0.2) is 159 Å². The Balaban J connectivity index is 0.000000257. The van der Waals surface area contributed by atoms with Crippen LogP contribution in [-0.2, 0) is 85.1 Å². The standard InChI is InChI=1S/2C37H40F4N4O2S/c1-4-43(5-2)18-19-44(22-26-6-10-28(11-7-26)29-12-14-30(15-13-29)37(39,40)41)34(46)23-45-33-21-25(3)20-32(33)35(47)42-36(45)48-24-27-8-16-31(38)17-9-27;1-4-43(5-2)19-20-44(22-26-9-13-28(14-10-26)29-15-18-32(25(3)21-29)37(39,40)41)34(46)23-45-33-8-6-7-31(33)35(47)42-36(45)48-24-27-11-16-30(38)17-12-27/h6-17,25H,4-5,18-24H2,1-3H3;9-18,21H,4-8,19-20,22-24H2,1-3H3/i20D2,21D2,22D2,25D;9D,10D,13D,14D,15D,18D,21D,22D2. The minimum absolute atomic E-state index is 0.0376. The Kier molecular flexibility index (Phi) is 18.2. The lowest BCUT2D eigenvalue weighted by atomic mass is 9.98. The summed E-state index contributed by atoms with van der Waals surface area (Å²) in [5.41, 5.74) is -5.07.